The first-order valence-corrected chi connectivity index (χ1v) is 7.82. The molecule has 2 atom stereocenters. The Labute approximate surface area is 139 Å². The Bertz CT molecular complexity index is 706. The first-order chi connectivity index (χ1) is 11.2. The first kappa shape index (κ1) is 16.7. The highest BCUT2D eigenvalue weighted by Crippen LogP contribution is 2.63. The van der Waals surface area contributed by atoms with Crippen LogP contribution in [-0.4, -0.2) is 49.1 Å². The van der Waals surface area contributed by atoms with Crippen LogP contribution in [0.1, 0.15) is 30.6 Å². The number of carbonyl (C=O) groups is 2. The normalized spacial score (nSPS) is 27.2. The molecule has 1 aliphatic carbocycles. The molecule has 1 amide bonds. The van der Waals surface area contributed by atoms with Gasteiger partial charge in [0.25, 0.3) is 5.91 Å². The zero-order valence-corrected chi connectivity index (χ0v) is 14.3. The van der Waals surface area contributed by atoms with E-state index in [1.165, 1.54) is 20.4 Å². The molecule has 0 unspecified atom stereocenters. The second kappa shape index (κ2) is 5.43. The lowest BCUT2D eigenvalue weighted by molar-refractivity contribution is -0.174. The predicted molar refractivity (Wildman–Crippen MR) is 83.0 cm³/mol. The van der Waals surface area contributed by atoms with Crippen molar-refractivity contribution in [1.82, 2.24) is 9.88 Å². The zero-order valence-electron chi connectivity index (χ0n) is 14.3. The van der Waals surface area contributed by atoms with Crippen molar-refractivity contribution in [3.8, 4) is 5.88 Å². The third kappa shape index (κ3) is 2.25. The lowest BCUT2D eigenvalue weighted by Gasteiger charge is -2.54. The number of nitrogens with zero attached hydrogens (tertiary/aromatic N) is 2. The smallest absolute Gasteiger partial charge is 0.314 e. The summed E-state index contributed by atoms with van der Waals surface area (Å²) in [4.78, 5) is 30.4. The maximum absolute atomic E-state index is 13.8. The minimum Gasteiger partial charge on any atom is -0.479 e. The Morgan fingerprint density at radius 2 is 2.08 bits per heavy atom. The summed E-state index contributed by atoms with van der Waals surface area (Å²) in [5, 5.41) is 0. The maximum Gasteiger partial charge on any atom is 0.314 e. The Kier molecular flexibility index (Phi) is 3.77. The number of halogens is 1. The van der Waals surface area contributed by atoms with Gasteiger partial charge in [0.15, 0.2) is 5.82 Å². The molecule has 7 heteroatoms. The van der Waals surface area contributed by atoms with Crippen LogP contribution in [0.15, 0.2) is 12.3 Å². The molecule has 0 aromatic carbocycles. The van der Waals surface area contributed by atoms with E-state index in [0.717, 1.165) is 6.07 Å². The number of fused-ring (bicyclic) bond motifs is 1. The van der Waals surface area contributed by atoms with Crippen molar-refractivity contribution in [2.24, 2.45) is 16.7 Å². The standard InChI is InChI=1S/C17H21FN2O4/c1-16(2)8-17(15(22)24-4)9-20(7-12(16)17)14(21)10-5-11(18)13(23-3)19-6-10/h5-6,12H,7-9H2,1-4H3/t12-,17+/m1/s1. The largest absolute Gasteiger partial charge is 0.479 e. The minimum absolute atomic E-state index is 0.0351. The third-order valence-electron chi connectivity index (χ3n) is 5.38. The zero-order chi connectivity index (χ0) is 17.7. The number of pyridine rings is 1. The van der Waals surface area contributed by atoms with Gasteiger partial charge in [-0.3, -0.25) is 9.59 Å². The lowest BCUT2D eigenvalue weighted by Crippen LogP contribution is -2.57. The van der Waals surface area contributed by atoms with Gasteiger partial charge < -0.3 is 14.4 Å². The van der Waals surface area contributed by atoms with Gasteiger partial charge in [-0.25, -0.2) is 9.37 Å². The fourth-order valence-corrected chi connectivity index (χ4v) is 4.40. The van der Waals surface area contributed by atoms with Crippen LogP contribution in [0.2, 0.25) is 0 Å². The van der Waals surface area contributed by atoms with Crippen LogP contribution in [0, 0.1) is 22.6 Å². The summed E-state index contributed by atoms with van der Waals surface area (Å²) in [6.07, 6.45) is 1.97. The van der Waals surface area contributed by atoms with Crippen LogP contribution >= 0.6 is 0 Å². The maximum atomic E-state index is 13.8. The Balaban J connectivity index is 1.85. The monoisotopic (exact) mass is 336 g/mol. The van der Waals surface area contributed by atoms with E-state index in [0.29, 0.717) is 19.5 Å². The van der Waals surface area contributed by atoms with E-state index in [9.17, 15) is 14.0 Å². The molecular formula is C17H21FN2O4. The van der Waals surface area contributed by atoms with Gasteiger partial charge in [-0.1, -0.05) is 13.8 Å². The van der Waals surface area contributed by atoms with Crippen molar-refractivity contribution in [3.05, 3.63) is 23.6 Å². The molecule has 1 aromatic rings. The molecule has 0 N–H and O–H groups in total. The van der Waals surface area contributed by atoms with E-state index in [1.807, 2.05) is 0 Å². The highest BCUT2D eigenvalue weighted by Gasteiger charge is 2.68. The van der Waals surface area contributed by atoms with E-state index in [-0.39, 0.29) is 34.7 Å². The van der Waals surface area contributed by atoms with Gasteiger partial charge in [-0.2, -0.15) is 0 Å². The predicted octanol–water partition coefficient (Wildman–Crippen LogP) is 1.89. The quantitative estimate of drug-likeness (QED) is 0.789. The number of ether oxygens (including phenoxy) is 2. The van der Waals surface area contributed by atoms with Gasteiger partial charge in [0.05, 0.1) is 25.2 Å². The molecule has 1 saturated carbocycles. The Morgan fingerprint density at radius 3 is 2.62 bits per heavy atom. The topological polar surface area (TPSA) is 68.7 Å². The average molecular weight is 336 g/mol. The molecule has 0 bridgehead atoms. The number of hydrogen-bond acceptors (Lipinski definition) is 5. The van der Waals surface area contributed by atoms with Crippen molar-refractivity contribution < 1.29 is 23.5 Å². The average Bonchev–Trinajstić information content (AvgIpc) is 2.89. The summed E-state index contributed by atoms with van der Waals surface area (Å²) in [5.74, 6) is -1.41. The summed E-state index contributed by atoms with van der Waals surface area (Å²) >= 11 is 0. The molecule has 2 aliphatic rings. The Morgan fingerprint density at radius 1 is 1.38 bits per heavy atom. The molecule has 24 heavy (non-hydrogen) atoms. The lowest BCUT2D eigenvalue weighted by atomic mass is 9.48. The number of likely N-dealkylation sites (tertiary alicyclic amines) is 1. The van der Waals surface area contributed by atoms with Crippen LogP contribution in [0.25, 0.3) is 0 Å². The summed E-state index contributed by atoms with van der Waals surface area (Å²) in [6, 6.07) is 1.12. The fraction of sp³-hybridized carbons (Fsp3) is 0.588. The number of methoxy groups -OCH3 is 2. The van der Waals surface area contributed by atoms with E-state index in [1.54, 1.807) is 4.90 Å². The molecule has 3 rings (SSSR count). The summed E-state index contributed by atoms with van der Waals surface area (Å²) in [5.41, 5.74) is -0.536. The van der Waals surface area contributed by atoms with Crippen LogP contribution < -0.4 is 4.74 Å². The summed E-state index contributed by atoms with van der Waals surface area (Å²) in [6.45, 7) is 4.91. The number of amides is 1. The van der Waals surface area contributed by atoms with Crippen LogP contribution in [-0.2, 0) is 9.53 Å². The molecule has 0 spiro atoms. The molecule has 1 aromatic heterocycles. The summed E-state index contributed by atoms with van der Waals surface area (Å²) in [7, 11) is 2.68. The molecular weight excluding hydrogens is 315 g/mol. The van der Waals surface area contributed by atoms with Gasteiger partial charge in [0, 0.05) is 19.3 Å². The SMILES string of the molecule is COC(=O)[C@@]12CN(C(=O)c3cnc(OC)c(F)c3)C[C@@H]1C(C)(C)C2. The van der Waals surface area contributed by atoms with Gasteiger partial charge in [-0.05, 0) is 23.8 Å². The molecule has 2 fully saturated rings. The minimum atomic E-state index is -0.687. The second-order valence-corrected chi connectivity index (χ2v) is 7.27. The molecule has 1 aliphatic heterocycles. The van der Waals surface area contributed by atoms with Gasteiger partial charge in [0.2, 0.25) is 5.88 Å². The van der Waals surface area contributed by atoms with Crippen molar-refractivity contribution >= 4 is 11.9 Å². The highest BCUT2D eigenvalue weighted by atomic mass is 19.1. The van der Waals surface area contributed by atoms with Crippen molar-refractivity contribution in [2.45, 2.75) is 20.3 Å². The molecule has 2 heterocycles. The second-order valence-electron chi connectivity index (χ2n) is 7.27. The van der Waals surface area contributed by atoms with E-state index >= 15 is 0 Å². The van der Waals surface area contributed by atoms with E-state index < -0.39 is 11.2 Å². The molecule has 1 saturated heterocycles. The van der Waals surface area contributed by atoms with E-state index in [4.69, 9.17) is 9.47 Å². The fourth-order valence-electron chi connectivity index (χ4n) is 4.40. The van der Waals surface area contributed by atoms with Crippen LogP contribution in [0.4, 0.5) is 4.39 Å². The van der Waals surface area contributed by atoms with Crippen molar-refractivity contribution in [3.63, 3.8) is 0 Å². The Hall–Kier alpha value is -2.18. The first-order valence-electron chi connectivity index (χ1n) is 7.82. The van der Waals surface area contributed by atoms with Crippen molar-refractivity contribution in [1.29, 1.82) is 0 Å². The van der Waals surface area contributed by atoms with Crippen LogP contribution in [0.3, 0.4) is 0 Å². The summed E-state index contributed by atoms with van der Waals surface area (Å²) < 4.78 is 23.5. The number of aromatic nitrogens is 1. The number of rotatable bonds is 3. The van der Waals surface area contributed by atoms with Gasteiger partial charge in [0.1, 0.15) is 0 Å². The molecule has 6 nitrogen and oxygen atoms in total. The number of carbonyl (C=O) groups excluding carboxylic acids is 2. The van der Waals surface area contributed by atoms with Gasteiger partial charge >= 0.3 is 5.97 Å². The van der Waals surface area contributed by atoms with Gasteiger partial charge in [-0.15, -0.1) is 0 Å². The van der Waals surface area contributed by atoms with E-state index in [2.05, 4.69) is 18.8 Å². The van der Waals surface area contributed by atoms with Crippen molar-refractivity contribution in [2.75, 3.05) is 27.3 Å². The van der Waals surface area contributed by atoms with Crippen LogP contribution in [0.5, 0.6) is 5.88 Å². The number of esters is 1. The molecule has 130 valence electrons. The molecule has 0 radical (unpaired) electrons. The number of hydrogen-bond donors (Lipinski definition) is 0. The highest BCUT2D eigenvalue weighted by molar-refractivity contribution is 5.95. The third-order valence-corrected chi connectivity index (χ3v) is 5.38.